The number of hydrogen-bond acceptors (Lipinski definition) is 4. The summed E-state index contributed by atoms with van der Waals surface area (Å²) in [5.74, 6) is -1.73. The van der Waals surface area contributed by atoms with Crippen molar-refractivity contribution in [1.29, 1.82) is 0 Å². The number of hydrogen-bond donors (Lipinski definition) is 2. The van der Waals surface area contributed by atoms with Gasteiger partial charge in [0.1, 0.15) is 5.82 Å². The van der Waals surface area contributed by atoms with Gasteiger partial charge in [0, 0.05) is 25.3 Å². The van der Waals surface area contributed by atoms with Gasteiger partial charge in [-0.3, -0.25) is 19.3 Å². The Morgan fingerprint density at radius 1 is 1.48 bits per heavy atom. The summed E-state index contributed by atoms with van der Waals surface area (Å²) in [6, 6.07) is 3.64. The molecule has 1 aliphatic heterocycles. The van der Waals surface area contributed by atoms with E-state index in [9.17, 15) is 18.8 Å². The summed E-state index contributed by atoms with van der Waals surface area (Å²) in [5.41, 5.74) is 5.99. The second-order valence-electron chi connectivity index (χ2n) is 5.02. The second-order valence-corrected chi connectivity index (χ2v) is 5.02. The van der Waals surface area contributed by atoms with Crippen molar-refractivity contribution >= 4 is 29.1 Å². The average Bonchev–Trinajstić information content (AvgIpc) is 2.65. The van der Waals surface area contributed by atoms with Crippen LogP contribution in [0.5, 0.6) is 0 Å². The van der Waals surface area contributed by atoms with Gasteiger partial charge in [0.15, 0.2) is 0 Å². The largest absolute Gasteiger partial charge is 0.397 e. The number of rotatable bonds is 4. The van der Waals surface area contributed by atoms with Crippen LogP contribution in [0.15, 0.2) is 18.2 Å². The molecule has 112 valence electrons. The summed E-state index contributed by atoms with van der Waals surface area (Å²) in [6.45, 7) is 1.72. The molecule has 1 atom stereocenters. The van der Waals surface area contributed by atoms with E-state index in [1.165, 1.54) is 12.1 Å². The number of nitrogens with one attached hydrogen (secondary N) is 1. The molecule has 0 saturated carbocycles. The van der Waals surface area contributed by atoms with Crippen LogP contribution >= 0.6 is 0 Å². The van der Waals surface area contributed by atoms with Gasteiger partial charge < -0.3 is 11.1 Å². The van der Waals surface area contributed by atoms with Crippen molar-refractivity contribution in [3.8, 4) is 0 Å². The first kappa shape index (κ1) is 15.0. The van der Waals surface area contributed by atoms with Gasteiger partial charge in [-0.25, -0.2) is 4.39 Å². The van der Waals surface area contributed by atoms with Crippen LogP contribution in [0, 0.1) is 11.7 Å². The minimum absolute atomic E-state index is 0.0268. The third-order valence-corrected chi connectivity index (χ3v) is 3.32. The number of halogens is 1. The molecule has 0 spiro atoms. The Morgan fingerprint density at radius 3 is 2.76 bits per heavy atom. The molecule has 1 saturated heterocycles. The molecule has 3 N–H and O–H groups in total. The number of nitrogens with zero attached hydrogens (tertiary/aromatic N) is 1. The lowest BCUT2D eigenvalue weighted by Crippen LogP contribution is -2.33. The van der Waals surface area contributed by atoms with Crippen molar-refractivity contribution in [1.82, 2.24) is 4.90 Å². The van der Waals surface area contributed by atoms with Gasteiger partial charge in [-0.2, -0.15) is 0 Å². The molecule has 7 heteroatoms. The van der Waals surface area contributed by atoms with Crippen molar-refractivity contribution in [3.63, 3.8) is 0 Å². The molecule has 0 aromatic heterocycles. The van der Waals surface area contributed by atoms with E-state index in [-0.39, 0.29) is 42.8 Å². The maximum absolute atomic E-state index is 12.9. The normalized spacial score (nSPS) is 18.2. The van der Waals surface area contributed by atoms with E-state index in [2.05, 4.69) is 5.32 Å². The predicted octanol–water partition coefficient (Wildman–Crippen LogP) is 1.13. The van der Waals surface area contributed by atoms with Crippen molar-refractivity contribution in [2.45, 2.75) is 19.8 Å². The zero-order valence-electron chi connectivity index (χ0n) is 11.6. The Labute approximate surface area is 121 Å². The number of imide groups is 1. The summed E-state index contributed by atoms with van der Waals surface area (Å²) in [7, 11) is 0. The van der Waals surface area contributed by atoms with Gasteiger partial charge in [0.05, 0.1) is 11.4 Å². The van der Waals surface area contributed by atoms with Gasteiger partial charge in [-0.1, -0.05) is 6.92 Å². The highest BCUT2D eigenvalue weighted by Crippen LogP contribution is 2.21. The molecule has 0 aliphatic carbocycles. The molecule has 0 bridgehead atoms. The molecule has 0 radical (unpaired) electrons. The molecule has 1 heterocycles. The zero-order valence-corrected chi connectivity index (χ0v) is 11.6. The summed E-state index contributed by atoms with van der Waals surface area (Å²) in [4.78, 5) is 36.1. The Bertz CT molecular complexity index is 603. The summed E-state index contributed by atoms with van der Waals surface area (Å²) < 4.78 is 12.9. The maximum atomic E-state index is 12.9. The maximum Gasteiger partial charge on any atom is 0.232 e. The monoisotopic (exact) mass is 293 g/mol. The Hall–Kier alpha value is -2.44. The van der Waals surface area contributed by atoms with Crippen LogP contribution in [0.2, 0.25) is 0 Å². The lowest BCUT2D eigenvalue weighted by atomic mass is 10.1. The van der Waals surface area contributed by atoms with Gasteiger partial charge in [0.2, 0.25) is 17.7 Å². The first-order valence-corrected chi connectivity index (χ1v) is 6.57. The number of anilines is 2. The number of carbonyl (C=O) groups excluding carboxylic acids is 3. The van der Waals surface area contributed by atoms with Gasteiger partial charge >= 0.3 is 0 Å². The van der Waals surface area contributed by atoms with Crippen LogP contribution in [-0.2, 0) is 14.4 Å². The zero-order chi connectivity index (χ0) is 15.6. The van der Waals surface area contributed by atoms with Crippen LogP contribution in [-0.4, -0.2) is 29.2 Å². The van der Waals surface area contributed by atoms with Crippen molar-refractivity contribution in [2.24, 2.45) is 5.92 Å². The van der Waals surface area contributed by atoms with Gasteiger partial charge in [-0.05, 0) is 18.2 Å². The molecule has 1 fully saturated rings. The number of carbonyl (C=O) groups is 3. The van der Waals surface area contributed by atoms with E-state index < -0.39 is 11.7 Å². The Kier molecular flexibility index (Phi) is 4.21. The summed E-state index contributed by atoms with van der Waals surface area (Å²) in [6.07, 6.45) is 0.159. The van der Waals surface area contributed by atoms with E-state index in [0.717, 1.165) is 11.0 Å². The van der Waals surface area contributed by atoms with Crippen LogP contribution < -0.4 is 11.1 Å². The molecule has 1 aromatic carbocycles. The fraction of sp³-hybridized carbons (Fsp3) is 0.357. The van der Waals surface area contributed by atoms with Crippen LogP contribution in [0.1, 0.15) is 19.8 Å². The lowest BCUT2D eigenvalue weighted by molar-refractivity contribution is -0.139. The average molecular weight is 293 g/mol. The van der Waals surface area contributed by atoms with E-state index in [4.69, 9.17) is 5.73 Å². The highest BCUT2D eigenvalue weighted by atomic mass is 19.1. The second kappa shape index (κ2) is 5.90. The minimum atomic E-state index is -0.493. The van der Waals surface area contributed by atoms with Crippen molar-refractivity contribution in [3.05, 3.63) is 24.0 Å². The fourth-order valence-corrected chi connectivity index (χ4v) is 2.16. The molecule has 21 heavy (non-hydrogen) atoms. The number of likely N-dealkylation sites (tertiary alicyclic amines) is 1. The molecular weight excluding hydrogens is 277 g/mol. The summed E-state index contributed by atoms with van der Waals surface area (Å²) in [5, 5.41) is 2.52. The molecule has 2 rings (SSSR count). The van der Waals surface area contributed by atoms with Crippen molar-refractivity contribution in [2.75, 3.05) is 17.6 Å². The van der Waals surface area contributed by atoms with E-state index >= 15 is 0 Å². The number of nitrogen functional groups attached to an aromatic ring is 1. The highest BCUT2D eigenvalue weighted by molar-refractivity contribution is 6.04. The topological polar surface area (TPSA) is 92.5 Å². The van der Waals surface area contributed by atoms with Crippen molar-refractivity contribution < 1.29 is 18.8 Å². The molecule has 6 nitrogen and oxygen atoms in total. The smallest absolute Gasteiger partial charge is 0.232 e. The standard InChI is InChI=1S/C14H16FN3O3/c1-8-6-13(20)18(14(8)21)5-4-12(19)17-11-3-2-9(15)7-10(11)16/h2-3,7-8H,4-6,16H2,1H3,(H,17,19). The number of nitrogens with two attached hydrogens (primary N) is 1. The van der Waals surface area contributed by atoms with Crippen LogP contribution in [0.4, 0.5) is 15.8 Å². The van der Waals surface area contributed by atoms with E-state index in [1.807, 2.05) is 0 Å². The predicted molar refractivity (Wildman–Crippen MR) is 74.6 cm³/mol. The van der Waals surface area contributed by atoms with Crippen LogP contribution in [0.3, 0.4) is 0 Å². The fourth-order valence-electron chi connectivity index (χ4n) is 2.16. The van der Waals surface area contributed by atoms with E-state index in [1.54, 1.807) is 6.92 Å². The Balaban J connectivity index is 1.91. The number of benzene rings is 1. The van der Waals surface area contributed by atoms with Gasteiger partial charge in [-0.15, -0.1) is 0 Å². The SMILES string of the molecule is CC1CC(=O)N(CCC(=O)Nc2ccc(F)cc2N)C1=O. The third-order valence-electron chi connectivity index (χ3n) is 3.32. The number of amides is 3. The minimum Gasteiger partial charge on any atom is -0.397 e. The lowest BCUT2D eigenvalue weighted by Gasteiger charge is -2.14. The molecular formula is C14H16FN3O3. The molecule has 1 unspecified atom stereocenters. The first-order valence-electron chi connectivity index (χ1n) is 6.57. The quantitative estimate of drug-likeness (QED) is 0.643. The molecule has 3 amide bonds. The first-order chi connectivity index (χ1) is 9.88. The third kappa shape index (κ3) is 3.36. The van der Waals surface area contributed by atoms with Crippen LogP contribution in [0.25, 0.3) is 0 Å². The molecule has 1 aliphatic rings. The summed E-state index contributed by atoms with van der Waals surface area (Å²) >= 11 is 0. The highest BCUT2D eigenvalue weighted by Gasteiger charge is 2.35. The van der Waals surface area contributed by atoms with Gasteiger partial charge in [0.25, 0.3) is 0 Å². The Morgan fingerprint density at radius 2 is 2.19 bits per heavy atom. The molecule has 1 aromatic rings. The van der Waals surface area contributed by atoms with E-state index in [0.29, 0.717) is 5.69 Å².